The number of rotatable bonds is 2. The van der Waals surface area contributed by atoms with Crippen molar-refractivity contribution in [3.8, 4) is 5.88 Å². The molecule has 0 aliphatic heterocycles. The van der Waals surface area contributed by atoms with Crippen molar-refractivity contribution >= 4 is 17.2 Å². The van der Waals surface area contributed by atoms with Crippen molar-refractivity contribution in [3.63, 3.8) is 0 Å². The highest BCUT2D eigenvalue weighted by atomic mass is 16.5. The molecule has 1 aromatic carbocycles. The van der Waals surface area contributed by atoms with Crippen LogP contribution >= 0.6 is 0 Å². The van der Waals surface area contributed by atoms with Gasteiger partial charge in [-0.05, 0) is 17.5 Å². The third kappa shape index (κ3) is 1.36. The smallest absolute Gasteiger partial charge is 0.398 e. The monoisotopic (exact) mass is 172 g/mol. The van der Waals surface area contributed by atoms with Crippen molar-refractivity contribution in [3.05, 3.63) is 36.5 Å². The summed E-state index contributed by atoms with van der Waals surface area (Å²) in [5, 5.41) is 1.80. The molecule has 0 aliphatic rings. The van der Waals surface area contributed by atoms with Gasteiger partial charge in [0.1, 0.15) is 0 Å². The Kier molecular flexibility index (Phi) is 1.92. The Bertz CT molecular complexity index is 434. The zero-order valence-electron chi connectivity index (χ0n) is 6.73. The molecule has 0 amide bonds. The lowest BCUT2D eigenvalue weighted by Gasteiger charge is -2.00. The lowest BCUT2D eigenvalue weighted by atomic mass is 10.2. The number of nitrogens with zero attached hydrogens (tertiary/aromatic N) is 1. The molecule has 0 unspecified atom stereocenters. The molecule has 0 saturated carbocycles. The zero-order valence-corrected chi connectivity index (χ0v) is 6.73. The maximum Gasteiger partial charge on any atom is 0.424 e. The molecule has 0 aliphatic carbocycles. The summed E-state index contributed by atoms with van der Waals surface area (Å²) >= 11 is 0. The largest absolute Gasteiger partial charge is 0.424 e. The molecule has 1 heterocycles. The van der Waals surface area contributed by atoms with Crippen LogP contribution in [0.1, 0.15) is 0 Å². The maximum atomic E-state index is 10.0. The lowest BCUT2D eigenvalue weighted by molar-refractivity contribution is 0.436. The number of fused-ring (bicyclic) bond motifs is 1. The number of hydrogen-bond acceptors (Lipinski definition) is 3. The predicted octanol–water partition coefficient (Wildman–Crippen LogP) is 1.68. The average Bonchev–Trinajstić information content (AvgIpc) is 2.19. The first-order chi connectivity index (χ1) is 6.42. The van der Waals surface area contributed by atoms with E-state index in [0.717, 1.165) is 10.8 Å². The maximum absolute atomic E-state index is 10.0. The minimum absolute atomic E-state index is 0.299. The van der Waals surface area contributed by atoms with E-state index in [1.807, 2.05) is 30.3 Å². The molecule has 1 radical (unpaired) electrons. The summed E-state index contributed by atoms with van der Waals surface area (Å²) in [5.41, 5.74) is 0. The van der Waals surface area contributed by atoms with E-state index < -0.39 is 0 Å². The number of ether oxygens (including phenoxy) is 1. The number of carbonyl (C=O) groups excluding carboxylic acids is 1. The molecule has 0 fully saturated rings. The minimum atomic E-state index is 0.299. The van der Waals surface area contributed by atoms with Crippen LogP contribution in [0, 0.1) is 0 Å². The van der Waals surface area contributed by atoms with Gasteiger partial charge in [-0.2, -0.15) is 0 Å². The fourth-order valence-corrected chi connectivity index (χ4v) is 1.21. The summed E-state index contributed by atoms with van der Waals surface area (Å²) in [5.74, 6) is 0.299. The molecule has 1 aromatic heterocycles. The third-order valence-corrected chi connectivity index (χ3v) is 1.78. The summed E-state index contributed by atoms with van der Waals surface area (Å²) in [6.45, 7) is 1.36. The fourth-order valence-electron chi connectivity index (χ4n) is 1.21. The summed E-state index contributed by atoms with van der Waals surface area (Å²) in [6, 6.07) is 9.40. The molecular weight excluding hydrogens is 166 g/mol. The van der Waals surface area contributed by atoms with Gasteiger partial charge in [-0.25, -0.2) is 9.78 Å². The van der Waals surface area contributed by atoms with E-state index in [1.54, 1.807) is 6.20 Å². The number of hydrogen-bond donors (Lipinski definition) is 0. The second kappa shape index (κ2) is 3.23. The normalized spacial score (nSPS) is 9.85. The second-order valence-corrected chi connectivity index (χ2v) is 2.52. The van der Waals surface area contributed by atoms with Gasteiger partial charge in [-0.1, -0.05) is 18.2 Å². The zero-order chi connectivity index (χ0) is 9.10. The Morgan fingerprint density at radius 1 is 1.23 bits per heavy atom. The van der Waals surface area contributed by atoms with Crippen molar-refractivity contribution < 1.29 is 9.53 Å². The Morgan fingerprint density at radius 2 is 2.08 bits per heavy atom. The van der Waals surface area contributed by atoms with E-state index in [-0.39, 0.29) is 0 Å². The summed E-state index contributed by atoms with van der Waals surface area (Å²) in [7, 11) is 0. The van der Waals surface area contributed by atoms with Crippen LogP contribution in [0.2, 0.25) is 0 Å². The third-order valence-electron chi connectivity index (χ3n) is 1.78. The Morgan fingerprint density at radius 3 is 2.92 bits per heavy atom. The number of benzene rings is 1. The van der Waals surface area contributed by atoms with Crippen molar-refractivity contribution in [2.45, 2.75) is 0 Å². The number of pyridine rings is 1. The standard InChI is InChI=1S/C10H6NO2/c12-7-13-10-9-4-2-1-3-8(9)5-6-11-10/h1-6H. The van der Waals surface area contributed by atoms with Crippen LogP contribution in [0.5, 0.6) is 5.88 Å². The van der Waals surface area contributed by atoms with Gasteiger partial charge in [0.05, 0.1) is 0 Å². The van der Waals surface area contributed by atoms with Crippen molar-refractivity contribution in [2.24, 2.45) is 0 Å². The highest BCUT2D eigenvalue weighted by Crippen LogP contribution is 2.21. The molecule has 3 heteroatoms. The summed E-state index contributed by atoms with van der Waals surface area (Å²) in [6.07, 6.45) is 1.59. The SMILES string of the molecule is O=[C]Oc1nccc2ccccc12. The highest BCUT2D eigenvalue weighted by molar-refractivity contribution is 5.87. The Labute approximate surface area is 75.0 Å². The van der Waals surface area contributed by atoms with Gasteiger partial charge in [-0.15, -0.1) is 0 Å². The van der Waals surface area contributed by atoms with Crippen LogP contribution in [0.3, 0.4) is 0 Å². The van der Waals surface area contributed by atoms with E-state index in [2.05, 4.69) is 9.72 Å². The first kappa shape index (κ1) is 7.73. The molecule has 0 atom stereocenters. The van der Waals surface area contributed by atoms with Crippen LogP contribution < -0.4 is 4.74 Å². The Balaban J connectivity index is 2.68. The average molecular weight is 172 g/mol. The van der Waals surface area contributed by atoms with Crippen LogP contribution in [0.15, 0.2) is 36.5 Å². The Hall–Kier alpha value is -1.90. The highest BCUT2D eigenvalue weighted by Gasteiger charge is 2.01. The summed E-state index contributed by atoms with van der Waals surface area (Å²) in [4.78, 5) is 13.9. The van der Waals surface area contributed by atoms with E-state index in [0.29, 0.717) is 5.88 Å². The quantitative estimate of drug-likeness (QED) is 0.691. The van der Waals surface area contributed by atoms with Gasteiger partial charge in [-0.3, -0.25) is 0 Å². The lowest BCUT2D eigenvalue weighted by Crippen LogP contribution is -1.92. The topological polar surface area (TPSA) is 39.2 Å². The van der Waals surface area contributed by atoms with Gasteiger partial charge in [0, 0.05) is 11.6 Å². The molecule has 0 bridgehead atoms. The molecule has 0 N–H and O–H groups in total. The van der Waals surface area contributed by atoms with E-state index >= 15 is 0 Å². The van der Waals surface area contributed by atoms with Crippen LogP contribution in [0.4, 0.5) is 0 Å². The van der Waals surface area contributed by atoms with E-state index in [9.17, 15) is 4.79 Å². The molecule has 0 saturated heterocycles. The molecule has 13 heavy (non-hydrogen) atoms. The second-order valence-electron chi connectivity index (χ2n) is 2.52. The minimum Gasteiger partial charge on any atom is -0.398 e. The predicted molar refractivity (Wildman–Crippen MR) is 48.1 cm³/mol. The fraction of sp³-hybridized carbons (Fsp3) is 0. The van der Waals surface area contributed by atoms with E-state index in [4.69, 9.17) is 0 Å². The van der Waals surface area contributed by atoms with Crippen LogP contribution in [0.25, 0.3) is 10.8 Å². The molecule has 2 rings (SSSR count). The molecule has 2 aromatic rings. The first-order valence-electron chi connectivity index (χ1n) is 3.79. The summed E-state index contributed by atoms with van der Waals surface area (Å²) < 4.78 is 4.60. The van der Waals surface area contributed by atoms with Crippen LogP contribution in [-0.2, 0) is 4.79 Å². The van der Waals surface area contributed by atoms with Crippen molar-refractivity contribution in [1.82, 2.24) is 4.98 Å². The molecule has 0 spiro atoms. The van der Waals surface area contributed by atoms with E-state index in [1.165, 1.54) is 6.47 Å². The number of aromatic nitrogens is 1. The van der Waals surface area contributed by atoms with Crippen molar-refractivity contribution in [2.75, 3.05) is 0 Å². The molecule has 63 valence electrons. The van der Waals surface area contributed by atoms with Gasteiger partial charge in [0.25, 0.3) is 0 Å². The van der Waals surface area contributed by atoms with Gasteiger partial charge < -0.3 is 4.74 Å². The van der Waals surface area contributed by atoms with Gasteiger partial charge in [0.15, 0.2) is 0 Å². The van der Waals surface area contributed by atoms with Crippen molar-refractivity contribution in [1.29, 1.82) is 0 Å². The molecular formula is C10H6NO2. The van der Waals surface area contributed by atoms with Crippen LogP contribution in [-0.4, -0.2) is 11.5 Å². The molecule has 3 nitrogen and oxygen atoms in total. The van der Waals surface area contributed by atoms with Gasteiger partial charge in [0.2, 0.25) is 5.88 Å². The first-order valence-corrected chi connectivity index (χ1v) is 3.79. The van der Waals surface area contributed by atoms with Gasteiger partial charge >= 0.3 is 6.47 Å².